The van der Waals surface area contributed by atoms with E-state index in [1.807, 2.05) is 0 Å². The number of nitrogens with one attached hydrogen (secondary N) is 1. The van der Waals surface area contributed by atoms with E-state index in [1.165, 1.54) is 19.2 Å². The van der Waals surface area contributed by atoms with Crippen molar-refractivity contribution in [2.45, 2.75) is 12.8 Å². The number of halogens is 1. The highest BCUT2D eigenvalue weighted by Crippen LogP contribution is 2.34. The van der Waals surface area contributed by atoms with Gasteiger partial charge < -0.3 is 15.0 Å². The summed E-state index contributed by atoms with van der Waals surface area (Å²) in [7, 11) is 1.48. The Morgan fingerprint density at radius 2 is 2.07 bits per heavy atom. The Bertz CT molecular complexity index is 931. The van der Waals surface area contributed by atoms with Gasteiger partial charge in [0.2, 0.25) is 5.91 Å². The fraction of sp³-hybridized carbons (Fsp3) is 0.222. The predicted octanol–water partition coefficient (Wildman–Crippen LogP) is 3.64. The van der Waals surface area contributed by atoms with Crippen LogP contribution in [-0.2, 0) is 4.79 Å². The molecule has 2 aromatic rings. The second-order valence-electron chi connectivity index (χ2n) is 5.91. The summed E-state index contributed by atoms with van der Waals surface area (Å²) in [4.78, 5) is 36.2. The third-order valence-corrected chi connectivity index (χ3v) is 4.52. The van der Waals surface area contributed by atoms with Crippen molar-refractivity contribution in [1.82, 2.24) is 0 Å². The molecule has 0 aliphatic carbocycles. The molecule has 9 heteroatoms. The van der Waals surface area contributed by atoms with Crippen molar-refractivity contribution in [3.63, 3.8) is 0 Å². The quantitative estimate of drug-likeness (QED) is 0.621. The van der Waals surface area contributed by atoms with Crippen LogP contribution in [-0.4, -0.2) is 30.4 Å². The molecule has 0 atom stereocenters. The van der Waals surface area contributed by atoms with Crippen molar-refractivity contribution in [2.24, 2.45) is 0 Å². The SMILES string of the molecule is COc1cc(NC(=O)c2ccc([N+](=O)[O-])cc2Cl)ccc1N1CCCC1=O. The molecule has 1 saturated heterocycles. The predicted molar refractivity (Wildman–Crippen MR) is 101 cm³/mol. The number of benzene rings is 2. The standard InChI is InChI=1S/C18H16ClN3O5/c1-27-16-9-11(4-7-15(16)21-8-2-3-17(21)23)20-18(24)13-6-5-12(22(25)26)10-14(13)19/h4-7,9-10H,2-3,8H2,1H3,(H,20,24). The summed E-state index contributed by atoms with van der Waals surface area (Å²) < 4.78 is 5.35. The Kier molecular flexibility index (Phi) is 5.27. The van der Waals surface area contributed by atoms with Gasteiger partial charge in [-0.3, -0.25) is 19.7 Å². The molecule has 0 saturated carbocycles. The minimum absolute atomic E-state index is 0.0204. The lowest BCUT2D eigenvalue weighted by Gasteiger charge is -2.19. The summed E-state index contributed by atoms with van der Waals surface area (Å²) in [6.45, 7) is 0.624. The number of rotatable bonds is 5. The molecule has 1 aliphatic rings. The molecule has 8 nitrogen and oxygen atoms in total. The largest absolute Gasteiger partial charge is 0.494 e. The summed E-state index contributed by atoms with van der Waals surface area (Å²) in [5.41, 5.74) is 1.01. The average molecular weight is 390 g/mol. The van der Waals surface area contributed by atoms with Crippen LogP contribution in [0.15, 0.2) is 36.4 Å². The molecule has 2 amide bonds. The molecule has 0 aromatic heterocycles. The van der Waals surface area contributed by atoms with Crippen LogP contribution in [0.5, 0.6) is 5.75 Å². The molecule has 2 aromatic carbocycles. The molecular formula is C18H16ClN3O5. The zero-order chi connectivity index (χ0) is 19.6. The van der Waals surface area contributed by atoms with Crippen LogP contribution >= 0.6 is 11.6 Å². The number of hydrogen-bond acceptors (Lipinski definition) is 5. The first kappa shape index (κ1) is 18.7. The first-order valence-corrected chi connectivity index (χ1v) is 8.52. The first-order chi connectivity index (χ1) is 12.9. The number of anilines is 2. The van der Waals surface area contributed by atoms with E-state index in [2.05, 4.69) is 5.32 Å². The van der Waals surface area contributed by atoms with Gasteiger partial charge in [-0.05, 0) is 24.6 Å². The maximum Gasteiger partial charge on any atom is 0.270 e. The number of carbonyl (C=O) groups is 2. The van der Waals surface area contributed by atoms with E-state index in [9.17, 15) is 19.7 Å². The van der Waals surface area contributed by atoms with Gasteiger partial charge >= 0.3 is 0 Å². The number of nitro benzene ring substituents is 1. The minimum atomic E-state index is -0.587. The van der Waals surface area contributed by atoms with Crippen LogP contribution in [0.3, 0.4) is 0 Å². The molecule has 0 unspecified atom stereocenters. The Labute approximate surface area is 159 Å². The van der Waals surface area contributed by atoms with E-state index in [0.717, 1.165) is 12.5 Å². The van der Waals surface area contributed by atoms with E-state index in [-0.39, 0.29) is 22.2 Å². The van der Waals surface area contributed by atoms with Crippen molar-refractivity contribution in [2.75, 3.05) is 23.9 Å². The van der Waals surface area contributed by atoms with Crippen molar-refractivity contribution in [3.8, 4) is 5.75 Å². The lowest BCUT2D eigenvalue weighted by molar-refractivity contribution is -0.384. The second kappa shape index (κ2) is 7.63. The van der Waals surface area contributed by atoms with Crippen molar-refractivity contribution < 1.29 is 19.2 Å². The Morgan fingerprint density at radius 3 is 2.67 bits per heavy atom. The fourth-order valence-corrected chi connectivity index (χ4v) is 3.14. The van der Waals surface area contributed by atoms with Gasteiger partial charge in [0.25, 0.3) is 11.6 Å². The van der Waals surface area contributed by atoms with Gasteiger partial charge in [-0.1, -0.05) is 11.6 Å². The minimum Gasteiger partial charge on any atom is -0.494 e. The Hall–Kier alpha value is -3.13. The summed E-state index contributed by atoms with van der Waals surface area (Å²) in [5, 5.41) is 13.4. The number of non-ortho nitro benzene ring substituents is 1. The number of amides is 2. The molecule has 1 heterocycles. The van der Waals surface area contributed by atoms with Crippen molar-refractivity contribution in [3.05, 3.63) is 57.1 Å². The molecule has 140 valence electrons. The molecular weight excluding hydrogens is 374 g/mol. The first-order valence-electron chi connectivity index (χ1n) is 8.14. The number of nitrogens with zero attached hydrogens (tertiary/aromatic N) is 2. The normalized spacial score (nSPS) is 13.6. The van der Waals surface area contributed by atoms with Crippen LogP contribution in [0.2, 0.25) is 5.02 Å². The number of hydrogen-bond donors (Lipinski definition) is 1. The van der Waals surface area contributed by atoms with E-state index in [0.29, 0.717) is 30.1 Å². The van der Waals surface area contributed by atoms with Crippen LogP contribution in [0.25, 0.3) is 0 Å². The van der Waals surface area contributed by atoms with Gasteiger partial charge in [-0.25, -0.2) is 0 Å². The summed E-state index contributed by atoms with van der Waals surface area (Å²) in [6.07, 6.45) is 1.29. The highest BCUT2D eigenvalue weighted by Gasteiger charge is 2.24. The second-order valence-corrected chi connectivity index (χ2v) is 6.32. The van der Waals surface area contributed by atoms with Gasteiger partial charge in [0.15, 0.2) is 0 Å². The molecule has 1 aliphatic heterocycles. The Balaban J connectivity index is 1.82. The van der Waals surface area contributed by atoms with Gasteiger partial charge in [0.05, 0.1) is 28.3 Å². The van der Waals surface area contributed by atoms with Gasteiger partial charge in [-0.15, -0.1) is 0 Å². The van der Waals surface area contributed by atoms with E-state index in [4.69, 9.17) is 16.3 Å². The summed E-state index contributed by atoms with van der Waals surface area (Å²) in [6, 6.07) is 8.60. The molecule has 1 N–H and O–H groups in total. The third kappa shape index (κ3) is 3.85. The van der Waals surface area contributed by atoms with Crippen LogP contribution in [0, 0.1) is 10.1 Å². The zero-order valence-corrected chi connectivity index (χ0v) is 15.2. The van der Waals surface area contributed by atoms with Crippen molar-refractivity contribution in [1.29, 1.82) is 0 Å². The molecule has 1 fully saturated rings. The summed E-state index contributed by atoms with van der Waals surface area (Å²) in [5.74, 6) is -0.0254. The fourth-order valence-electron chi connectivity index (χ4n) is 2.88. The summed E-state index contributed by atoms with van der Waals surface area (Å²) >= 11 is 5.99. The molecule has 0 bridgehead atoms. The van der Waals surface area contributed by atoms with E-state index in [1.54, 1.807) is 23.1 Å². The highest BCUT2D eigenvalue weighted by molar-refractivity contribution is 6.34. The zero-order valence-electron chi connectivity index (χ0n) is 14.4. The number of methoxy groups -OCH3 is 1. The van der Waals surface area contributed by atoms with Crippen LogP contribution in [0.4, 0.5) is 17.1 Å². The molecule has 0 radical (unpaired) electrons. The number of carbonyl (C=O) groups excluding carboxylic acids is 2. The van der Waals surface area contributed by atoms with Crippen molar-refractivity contribution >= 4 is 40.5 Å². The molecule has 0 spiro atoms. The van der Waals surface area contributed by atoms with Crippen LogP contribution in [0.1, 0.15) is 23.2 Å². The average Bonchev–Trinajstić information content (AvgIpc) is 3.07. The lowest BCUT2D eigenvalue weighted by Crippen LogP contribution is -2.24. The number of ether oxygens (including phenoxy) is 1. The topological polar surface area (TPSA) is 102 Å². The maximum absolute atomic E-state index is 12.4. The smallest absolute Gasteiger partial charge is 0.270 e. The van der Waals surface area contributed by atoms with E-state index >= 15 is 0 Å². The third-order valence-electron chi connectivity index (χ3n) is 4.21. The monoisotopic (exact) mass is 389 g/mol. The highest BCUT2D eigenvalue weighted by atomic mass is 35.5. The van der Waals surface area contributed by atoms with E-state index < -0.39 is 10.8 Å². The Morgan fingerprint density at radius 1 is 1.30 bits per heavy atom. The van der Waals surface area contributed by atoms with Crippen LogP contribution < -0.4 is 15.0 Å². The number of nitro groups is 1. The van der Waals surface area contributed by atoms with Gasteiger partial charge in [0.1, 0.15) is 5.75 Å². The lowest BCUT2D eigenvalue weighted by atomic mass is 10.1. The van der Waals surface area contributed by atoms with Gasteiger partial charge in [0, 0.05) is 36.9 Å². The van der Waals surface area contributed by atoms with Gasteiger partial charge in [-0.2, -0.15) is 0 Å². The maximum atomic E-state index is 12.4. The molecule has 3 rings (SSSR count). The molecule has 27 heavy (non-hydrogen) atoms.